The number of benzene rings is 4. The van der Waals surface area contributed by atoms with Crippen molar-refractivity contribution in [3.63, 3.8) is 0 Å². The van der Waals surface area contributed by atoms with Crippen LogP contribution in [0.15, 0.2) is 70.1 Å². The molecule has 5 heteroatoms. The van der Waals surface area contributed by atoms with Crippen LogP contribution >= 0.6 is 0 Å². The molecule has 1 aliphatic heterocycles. The fourth-order valence-corrected chi connectivity index (χ4v) is 6.04. The van der Waals surface area contributed by atoms with Gasteiger partial charge in [0.1, 0.15) is 11.2 Å². The average Bonchev–Trinajstić information content (AvgIpc) is 3.00. The molecule has 0 unspecified atom stereocenters. The summed E-state index contributed by atoms with van der Waals surface area (Å²) in [6.45, 7) is 18.8. The maximum absolute atomic E-state index is 6.58. The zero-order valence-electron chi connectivity index (χ0n) is 27.4. The van der Waals surface area contributed by atoms with Crippen molar-refractivity contribution in [1.29, 1.82) is 0 Å². The van der Waals surface area contributed by atoms with E-state index in [9.17, 15) is 0 Å². The van der Waals surface area contributed by atoms with Gasteiger partial charge in [0.05, 0.1) is 5.36 Å². The zero-order chi connectivity index (χ0) is 30.6. The summed E-state index contributed by atoms with van der Waals surface area (Å²) in [6.07, 6.45) is 4.70. The van der Waals surface area contributed by atoms with E-state index in [1.165, 1.54) is 30.2 Å². The highest BCUT2D eigenvalue weighted by atomic mass is 16.3. The Morgan fingerprint density at radius 2 is 1.60 bits per heavy atom. The molecule has 2 aliphatic rings. The van der Waals surface area contributed by atoms with Gasteiger partial charge in [0.15, 0.2) is 11.3 Å². The van der Waals surface area contributed by atoms with E-state index in [0.717, 1.165) is 89.3 Å². The molecule has 0 spiro atoms. The summed E-state index contributed by atoms with van der Waals surface area (Å²) in [7, 11) is 2.26. The quantitative estimate of drug-likeness (QED) is 0.0794. The molecule has 0 fully saturated rings. The molecule has 0 saturated carbocycles. The van der Waals surface area contributed by atoms with Gasteiger partial charge in [0.2, 0.25) is 0 Å². The minimum atomic E-state index is 0.296. The summed E-state index contributed by atoms with van der Waals surface area (Å²) in [5.41, 5.74) is 4.03. The van der Waals surface area contributed by atoms with Crippen LogP contribution in [0.3, 0.4) is 0 Å². The number of nitrogens with zero attached hydrogens (tertiary/aromatic N) is 4. The van der Waals surface area contributed by atoms with Gasteiger partial charge in [-0.15, -0.1) is 0 Å². The molecule has 0 aromatic heterocycles. The lowest BCUT2D eigenvalue weighted by molar-refractivity contribution is 0.227. The van der Waals surface area contributed by atoms with Crippen LogP contribution in [0.2, 0.25) is 0 Å². The molecule has 228 valence electrons. The first-order valence-corrected chi connectivity index (χ1v) is 16.3. The highest BCUT2D eigenvalue weighted by molar-refractivity contribution is 6.04. The first-order chi connectivity index (χ1) is 20.7. The molecule has 0 atom stereocenters. The van der Waals surface area contributed by atoms with Gasteiger partial charge >= 0.3 is 0 Å². The van der Waals surface area contributed by atoms with E-state index < -0.39 is 0 Å². The van der Waals surface area contributed by atoms with Gasteiger partial charge in [-0.1, -0.05) is 52.0 Å². The third-order valence-electron chi connectivity index (χ3n) is 8.99. The van der Waals surface area contributed by atoms with Crippen LogP contribution < -0.4 is 10.3 Å². The molecule has 5 rings (SSSR count). The van der Waals surface area contributed by atoms with Gasteiger partial charge in [0, 0.05) is 48.2 Å². The molecular formula is C38H50N4O. The van der Waals surface area contributed by atoms with Crippen LogP contribution in [0.1, 0.15) is 67.2 Å². The van der Waals surface area contributed by atoms with Crippen LogP contribution in [0, 0.1) is 11.3 Å². The van der Waals surface area contributed by atoms with Gasteiger partial charge in [-0.05, 0) is 106 Å². The lowest BCUT2D eigenvalue weighted by Crippen LogP contribution is -2.26. The van der Waals surface area contributed by atoms with Gasteiger partial charge < -0.3 is 14.2 Å². The molecule has 1 aliphatic carbocycles. The van der Waals surface area contributed by atoms with E-state index in [-0.39, 0.29) is 0 Å². The minimum Gasteiger partial charge on any atom is -0.453 e. The number of anilines is 1. The van der Waals surface area contributed by atoms with Crippen LogP contribution in [0.5, 0.6) is 0 Å². The zero-order valence-corrected chi connectivity index (χ0v) is 27.4. The van der Waals surface area contributed by atoms with Crippen molar-refractivity contribution in [2.75, 3.05) is 44.7 Å². The number of aromatic nitrogens is 1. The molecule has 0 saturated heterocycles. The maximum atomic E-state index is 6.58. The Bertz CT molecular complexity index is 1710. The second kappa shape index (κ2) is 13.5. The SMILES string of the molecule is CCN(CC)c1ccc2nc3c4cc5ccccc5cc4c(=NCCCC(C)(C)CCN(C)CCC(C)C)cc-3oc2c1. The fraction of sp³-hybridized carbons (Fsp3) is 0.474. The van der Waals surface area contributed by atoms with Crippen molar-refractivity contribution in [1.82, 2.24) is 9.88 Å². The van der Waals surface area contributed by atoms with E-state index in [2.05, 4.69) is 119 Å². The number of hydrogen-bond acceptors (Lipinski definition) is 5. The normalized spacial score (nSPS) is 13.0. The van der Waals surface area contributed by atoms with E-state index in [4.69, 9.17) is 14.4 Å². The second-order valence-corrected chi connectivity index (χ2v) is 13.4. The summed E-state index contributed by atoms with van der Waals surface area (Å²) in [5, 5.41) is 5.64. The molecule has 0 radical (unpaired) electrons. The van der Waals surface area contributed by atoms with Crippen molar-refractivity contribution in [2.45, 2.75) is 67.2 Å². The Morgan fingerprint density at radius 3 is 2.30 bits per heavy atom. The first kappa shape index (κ1) is 31.0. The molecule has 5 nitrogen and oxygen atoms in total. The molecule has 3 aromatic rings. The van der Waals surface area contributed by atoms with Crippen molar-refractivity contribution in [2.24, 2.45) is 16.3 Å². The number of rotatable bonds is 13. The van der Waals surface area contributed by atoms with Crippen molar-refractivity contribution >= 4 is 38.3 Å². The topological polar surface area (TPSA) is 44.9 Å². The van der Waals surface area contributed by atoms with Crippen molar-refractivity contribution < 1.29 is 4.42 Å². The molecule has 0 bridgehead atoms. The third kappa shape index (κ3) is 7.38. The second-order valence-electron chi connectivity index (χ2n) is 13.4. The number of fused-ring (bicyclic) bond motifs is 5. The maximum Gasteiger partial charge on any atom is 0.155 e. The van der Waals surface area contributed by atoms with E-state index in [1.807, 2.05) is 0 Å². The van der Waals surface area contributed by atoms with E-state index >= 15 is 0 Å². The smallest absolute Gasteiger partial charge is 0.155 e. The molecule has 43 heavy (non-hydrogen) atoms. The van der Waals surface area contributed by atoms with Crippen LogP contribution in [0.25, 0.3) is 44.1 Å². The Hall–Kier alpha value is -3.44. The Kier molecular flexibility index (Phi) is 9.71. The Balaban J connectivity index is 1.46. The monoisotopic (exact) mass is 578 g/mol. The van der Waals surface area contributed by atoms with E-state index in [0.29, 0.717) is 5.41 Å². The fourth-order valence-electron chi connectivity index (χ4n) is 6.04. The van der Waals surface area contributed by atoms with E-state index in [1.54, 1.807) is 0 Å². The highest BCUT2D eigenvalue weighted by Crippen LogP contribution is 2.34. The molecule has 1 heterocycles. The minimum absolute atomic E-state index is 0.296. The lowest BCUT2D eigenvalue weighted by atomic mass is 9.84. The summed E-state index contributed by atoms with van der Waals surface area (Å²) in [6, 6.07) is 21.5. The third-order valence-corrected chi connectivity index (χ3v) is 8.99. The van der Waals surface area contributed by atoms with Crippen molar-refractivity contribution in [3.8, 4) is 11.5 Å². The Labute approximate surface area is 258 Å². The Morgan fingerprint density at radius 1 is 0.884 bits per heavy atom. The summed E-state index contributed by atoms with van der Waals surface area (Å²) < 4.78 is 6.58. The van der Waals surface area contributed by atoms with Gasteiger partial charge in [0.25, 0.3) is 0 Å². The summed E-state index contributed by atoms with van der Waals surface area (Å²) >= 11 is 0. The van der Waals surface area contributed by atoms with Crippen LogP contribution in [-0.4, -0.2) is 49.7 Å². The molecule has 3 aromatic carbocycles. The standard InChI is InChI=1S/C38H50N4O/c1-8-42(9-2)30-15-16-33-35(25-30)43-36-26-34(31-23-28-13-10-11-14-29(28)24-32(31)37(36)40-33)39-20-12-18-38(5,6)19-22-41(7)21-17-27(3)4/h10-11,13-16,23-27H,8-9,12,17-22H2,1-7H3. The lowest BCUT2D eigenvalue weighted by Gasteiger charge is -2.27. The van der Waals surface area contributed by atoms with Crippen molar-refractivity contribution in [3.05, 3.63) is 66.0 Å². The highest BCUT2D eigenvalue weighted by Gasteiger charge is 2.19. The summed E-state index contributed by atoms with van der Waals surface area (Å²) in [4.78, 5) is 15.1. The predicted molar refractivity (Wildman–Crippen MR) is 184 cm³/mol. The first-order valence-electron chi connectivity index (χ1n) is 16.3. The average molecular weight is 579 g/mol. The largest absolute Gasteiger partial charge is 0.453 e. The molecular weight excluding hydrogens is 528 g/mol. The van der Waals surface area contributed by atoms with Gasteiger partial charge in [-0.2, -0.15) is 0 Å². The van der Waals surface area contributed by atoms with Gasteiger partial charge in [-0.25, -0.2) is 4.98 Å². The molecule has 0 N–H and O–H groups in total. The molecule has 0 amide bonds. The predicted octanol–water partition coefficient (Wildman–Crippen LogP) is 9.16. The van der Waals surface area contributed by atoms with Crippen LogP contribution in [-0.2, 0) is 0 Å². The number of hydrogen-bond donors (Lipinski definition) is 0. The summed E-state index contributed by atoms with van der Waals surface area (Å²) in [5.74, 6) is 1.55. The van der Waals surface area contributed by atoms with Gasteiger partial charge in [-0.3, -0.25) is 4.99 Å². The van der Waals surface area contributed by atoms with Crippen LogP contribution in [0.4, 0.5) is 5.69 Å².